The van der Waals surface area contributed by atoms with E-state index >= 15 is 0 Å². The van der Waals surface area contributed by atoms with Gasteiger partial charge in [0.15, 0.2) is 0 Å². The van der Waals surface area contributed by atoms with Gasteiger partial charge in [-0.1, -0.05) is 12.1 Å². The summed E-state index contributed by atoms with van der Waals surface area (Å²) in [6.45, 7) is 4.53. The number of β-amino-alcohol motifs (C(OH)–C–C–N with tert-alkyl or cyclic N) is 1. The van der Waals surface area contributed by atoms with Crippen LogP contribution >= 0.6 is 0 Å². The smallest absolute Gasteiger partial charge is 0.216 e. The molecule has 0 saturated heterocycles. The fourth-order valence-electron chi connectivity index (χ4n) is 3.93. The highest BCUT2D eigenvalue weighted by Crippen LogP contribution is 2.34. The van der Waals surface area contributed by atoms with Gasteiger partial charge in [-0.05, 0) is 69.6 Å². The van der Waals surface area contributed by atoms with E-state index in [9.17, 15) is 17.9 Å². The summed E-state index contributed by atoms with van der Waals surface area (Å²) in [6, 6.07) is 6.03. The summed E-state index contributed by atoms with van der Waals surface area (Å²) in [6.07, 6.45) is 3.35. The van der Waals surface area contributed by atoms with E-state index in [0.29, 0.717) is 30.9 Å². The van der Waals surface area contributed by atoms with E-state index in [0.717, 1.165) is 19.3 Å². The summed E-state index contributed by atoms with van der Waals surface area (Å²) < 4.78 is 39.2. The van der Waals surface area contributed by atoms with Crippen molar-refractivity contribution in [3.63, 3.8) is 0 Å². The van der Waals surface area contributed by atoms with E-state index in [1.807, 2.05) is 0 Å². The number of hydrogen-bond donors (Lipinski definition) is 2. The second kappa shape index (κ2) is 8.99. The third-order valence-electron chi connectivity index (χ3n) is 5.53. The molecule has 1 aromatic carbocycles. The Kier molecular flexibility index (Phi) is 7.41. The van der Waals surface area contributed by atoms with E-state index in [4.69, 9.17) is 0 Å². The van der Waals surface area contributed by atoms with Crippen molar-refractivity contribution in [1.29, 1.82) is 0 Å². The van der Waals surface area contributed by atoms with Gasteiger partial charge in [0.25, 0.3) is 0 Å². The molecule has 27 heavy (non-hydrogen) atoms. The second-order valence-corrected chi connectivity index (χ2v) is 10.9. The first-order valence-electron chi connectivity index (χ1n) is 9.61. The Hall–Kier alpha value is -1.02. The molecule has 5 nitrogen and oxygen atoms in total. The van der Waals surface area contributed by atoms with Gasteiger partial charge in [-0.15, -0.1) is 0 Å². The predicted molar refractivity (Wildman–Crippen MR) is 106 cm³/mol. The standard InChI is InChI=1S/C20H33FN2O3S/c1-20(2,22-14-19(24)16-6-5-7-17(21)12-16)13-15-8-10-18(11-9-15)27(25,26)23(3)4/h5-7,12,15,18-19,22,24H,8-11,13-14H2,1-4H3/t15?,18?,19-/m0/s1. The van der Waals surface area contributed by atoms with E-state index in [1.54, 1.807) is 26.2 Å². The molecule has 1 aromatic rings. The minimum Gasteiger partial charge on any atom is -0.387 e. The van der Waals surface area contributed by atoms with Crippen LogP contribution in [0.4, 0.5) is 4.39 Å². The maximum absolute atomic E-state index is 13.3. The van der Waals surface area contributed by atoms with Crippen molar-refractivity contribution >= 4 is 10.0 Å². The molecule has 7 heteroatoms. The number of benzene rings is 1. The third-order valence-corrected chi connectivity index (χ3v) is 7.86. The van der Waals surface area contributed by atoms with Gasteiger partial charge in [-0.25, -0.2) is 17.1 Å². The summed E-state index contributed by atoms with van der Waals surface area (Å²) in [7, 11) is 0.0225. The number of nitrogens with one attached hydrogen (secondary N) is 1. The van der Waals surface area contributed by atoms with Gasteiger partial charge in [0.1, 0.15) is 5.82 Å². The first-order chi connectivity index (χ1) is 12.5. The molecule has 0 heterocycles. The Balaban J connectivity index is 1.83. The normalized spacial score (nSPS) is 22.8. The van der Waals surface area contributed by atoms with Crippen LogP contribution < -0.4 is 5.32 Å². The first-order valence-corrected chi connectivity index (χ1v) is 11.1. The molecular weight excluding hydrogens is 367 g/mol. The summed E-state index contributed by atoms with van der Waals surface area (Å²) in [5.74, 6) is 0.114. The third kappa shape index (κ3) is 6.24. The largest absolute Gasteiger partial charge is 0.387 e. The van der Waals surface area contributed by atoms with Crippen molar-refractivity contribution in [3.05, 3.63) is 35.6 Å². The Bertz CT molecular complexity index is 714. The Morgan fingerprint density at radius 1 is 1.26 bits per heavy atom. The molecule has 0 aliphatic heterocycles. The molecule has 1 aliphatic rings. The highest BCUT2D eigenvalue weighted by atomic mass is 32.2. The first kappa shape index (κ1) is 22.3. The molecule has 0 radical (unpaired) electrons. The Morgan fingerprint density at radius 2 is 1.89 bits per heavy atom. The lowest BCUT2D eigenvalue weighted by Gasteiger charge is -2.36. The molecule has 1 saturated carbocycles. The SMILES string of the molecule is CN(C)S(=O)(=O)C1CCC(CC(C)(C)NC[C@H](O)c2cccc(F)c2)CC1. The molecule has 0 unspecified atom stereocenters. The summed E-state index contributed by atoms with van der Waals surface area (Å²) in [4.78, 5) is 0. The molecular formula is C20H33FN2O3S. The van der Waals surface area contributed by atoms with Crippen LogP contribution in [0.2, 0.25) is 0 Å². The van der Waals surface area contributed by atoms with E-state index in [-0.39, 0.29) is 16.6 Å². The number of sulfonamides is 1. The zero-order chi connectivity index (χ0) is 20.2. The lowest BCUT2D eigenvalue weighted by Crippen LogP contribution is -2.44. The number of nitrogens with zero attached hydrogens (tertiary/aromatic N) is 1. The minimum absolute atomic E-state index is 0.188. The van der Waals surface area contributed by atoms with E-state index in [1.165, 1.54) is 16.4 Å². The van der Waals surface area contributed by atoms with Gasteiger partial charge in [0.05, 0.1) is 11.4 Å². The molecule has 1 fully saturated rings. The fraction of sp³-hybridized carbons (Fsp3) is 0.700. The van der Waals surface area contributed by atoms with Crippen LogP contribution in [0.5, 0.6) is 0 Å². The summed E-state index contributed by atoms with van der Waals surface area (Å²) >= 11 is 0. The number of aliphatic hydroxyl groups is 1. The van der Waals surface area contributed by atoms with Crippen LogP contribution in [0.15, 0.2) is 24.3 Å². The molecule has 1 atom stereocenters. The van der Waals surface area contributed by atoms with Crippen LogP contribution in [0.1, 0.15) is 57.6 Å². The highest BCUT2D eigenvalue weighted by molar-refractivity contribution is 7.89. The topological polar surface area (TPSA) is 69.6 Å². The van der Waals surface area contributed by atoms with Crippen molar-refractivity contribution in [1.82, 2.24) is 9.62 Å². The number of rotatable bonds is 8. The summed E-state index contributed by atoms with van der Waals surface area (Å²) in [5, 5.41) is 13.4. The molecule has 2 rings (SSSR count). The van der Waals surface area contributed by atoms with Gasteiger partial charge < -0.3 is 10.4 Å². The highest BCUT2D eigenvalue weighted by Gasteiger charge is 2.34. The Labute approximate surface area is 163 Å². The quantitative estimate of drug-likeness (QED) is 0.704. The van der Waals surface area contributed by atoms with Crippen LogP contribution in [0.25, 0.3) is 0 Å². The molecule has 0 aromatic heterocycles. The lowest BCUT2D eigenvalue weighted by molar-refractivity contribution is 0.151. The van der Waals surface area contributed by atoms with Gasteiger partial charge in [0, 0.05) is 26.2 Å². The average Bonchev–Trinajstić information content (AvgIpc) is 2.59. The molecule has 0 amide bonds. The monoisotopic (exact) mass is 400 g/mol. The van der Waals surface area contributed by atoms with Gasteiger partial charge in [-0.3, -0.25) is 0 Å². The van der Waals surface area contributed by atoms with Crippen LogP contribution in [0, 0.1) is 11.7 Å². The van der Waals surface area contributed by atoms with Crippen LogP contribution in [0.3, 0.4) is 0 Å². The molecule has 0 bridgehead atoms. The number of hydrogen-bond acceptors (Lipinski definition) is 4. The maximum Gasteiger partial charge on any atom is 0.216 e. The second-order valence-electron chi connectivity index (χ2n) is 8.51. The van der Waals surface area contributed by atoms with Crippen molar-refractivity contribution in [2.45, 2.75) is 62.8 Å². The number of halogens is 1. The van der Waals surface area contributed by atoms with Crippen molar-refractivity contribution < 1.29 is 17.9 Å². The Morgan fingerprint density at radius 3 is 2.44 bits per heavy atom. The molecule has 2 N–H and O–H groups in total. The maximum atomic E-state index is 13.3. The zero-order valence-corrected chi connectivity index (χ0v) is 17.6. The number of aliphatic hydroxyl groups excluding tert-OH is 1. The van der Waals surface area contributed by atoms with Crippen molar-refractivity contribution in [2.75, 3.05) is 20.6 Å². The molecule has 154 valence electrons. The lowest BCUT2D eigenvalue weighted by atomic mass is 9.80. The zero-order valence-electron chi connectivity index (χ0n) is 16.8. The minimum atomic E-state index is -3.17. The van der Waals surface area contributed by atoms with Crippen molar-refractivity contribution in [2.24, 2.45) is 5.92 Å². The predicted octanol–water partition coefficient (Wildman–Crippen LogP) is 3.07. The van der Waals surface area contributed by atoms with Crippen molar-refractivity contribution in [3.8, 4) is 0 Å². The molecule has 0 spiro atoms. The van der Waals surface area contributed by atoms with Crippen LogP contribution in [-0.2, 0) is 10.0 Å². The average molecular weight is 401 g/mol. The van der Waals surface area contributed by atoms with Crippen LogP contribution in [-0.4, -0.2) is 49.3 Å². The van der Waals surface area contributed by atoms with Gasteiger partial charge >= 0.3 is 0 Å². The van der Waals surface area contributed by atoms with Gasteiger partial charge in [0.2, 0.25) is 10.0 Å². The van der Waals surface area contributed by atoms with E-state index in [2.05, 4.69) is 19.2 Å². The van der Waals surface area contributed by atoms with E-state index < -0.39 is 16.1 Å². The van der Waals surface area contributed by atoms with Gasteiger partial charge in [-0.2, -0.15) is 0 Å². The summed E-state index contributed by atoms with van der Waals surface area (Å²) in [5.41, 5.74) is 0.374. The fourth-order valence-corrected chi connectivity index (χ4v) is 5.39. The molecule has 1 aliphatic carbocycles.